The molecule has 0 aliphatic rings. The number of rotatable bonds is 9. The fraction of sp³-hybridized carbons (Fsp3) is 0.286. The Morgan fingerprint density at radius 3 is 2.63 bits per heavy atom. The molecule has 3 aromatic rings. The van der Waals surface area contributed by atoms with E-state index in [0.29, 0.717) is 24.4 Å². The fourth-order valence-electron chi connectivity index (χ4n) is 2.89. The van der Waals surface area contributed by atoms with Crippen molar-refractivity contribution < 1.29 is 75.7 Å². The summed E-state index contributed by atoms with van der Waals surface area (Å²) < 4.78 is 7.00. The number of aryl methyl sites for hydroxylation is 2. The second-order valence-corrected chi connectivity index (χ2v) is 6.74. The van der Waals surface area contributed by atoms with Gasteiger partial charge in [0, 0.05) is 49.0 Å². The molecule has 3 rings (SSSR count). The predicted octanol–water partition coefficient (Wildman–Crippen LogP) is -0.412. The molecule has 0 aliphatic heterocycles. The number of amides is 1. The molecular weight excluding hydrogens is 413 g/mol. The molecule has 0 bridgehead atoms. The van der Waals surface area contributed by atoms with Gasteiger partial charge in [-0.3, -0.25) is 4.79 Å². The first-order valence-corrected chi connectivity index (χ1v) is 9.42. The summed E-state index contributed by atoms with van der Waals surface area (Å²) in [5.41, 5.74) is 1.58. The van der Waals surface area contributed by atoms with Crippen molar-refractivity contribution in [3.63, 3.8) is 0 Å². The van der Waals surface area contributed by atoms with Gasteiger partial charge in [0.2, 0.25) is 5.91 Å². The number of unbranched alkanes of at least 4 members (excludes halogenated alkanes) is 1. The Bertz CT molecular complexity index is 994. The number of hydrogen-bond acceptors (Lipinski definition) is 6. The van der Waals surface area contributed by atoms with Gasteiger partial charge in [-0.1, -0.05) is 18.5 Å². The van der Waals surface area contributed by atoms with E-state index in [2.05, 4.69) is 10.5 Å². The summed E-state index contributed by atoms with van der Waals surface area (Å²) in [6.45, 7) is 2.72. The van der Waals surface area contributed by atoms with Crippen molar-refractivity contribution in [3.05, 3.63) is 54.0 Å². The first-order valence-electron chi connectivity index (χ1n) is 9.42. The molecule has 0 fully saturated rings. The number of carbonyl (C=O) groups is 2. The Hall–Kier alpha value is -1.91. The number of aromatic nitrogens is 2. The molecule has 0 aliphatic carbocycles. The number of phenolic OH excluding ortho intramolecular Hbond substituents is 1. The molecule has 0 saturated heterocycles. The molecule has 8 nitrogen and oxygen atoms in total. The maximum Gasteiger partial charge on any atom is 1.00 e. The van der Waals surface area contributed by atoms with Crippen LogP contribution in [-0.4, -0.2) is 26.7 Å². The molecular formula is C21H22KN3O5. The molecule has 2 aromatic heterocycles. The Labute approximate surface area is 216 Å². The molecule has 30 heavy (non-hydrogen) atoms. The Morgan fingerprint density at radius 2 is 1.97 bits per heavy atom. The molecule has 1 aromatic carbocycles. The maximum absolute atomic E-state index is 12.3. The van der Waals surface area contributed by atoms with Crippen LogP contribution in [0.1, 0.15) is 42.3 Å². The fourth-order valence-corrected chi connectivity index (χ4v) is 2.89. The van der Waals surface area contributed by atoms with Gasteiger partial charge in [0.1, 0.15) is 17.2 Å². The number of anilines is 1. The number of nitrogens with zero attached hydrogens (tertiary/aromatic N) is 2. The van der Waals surface area contributed by atoms with E-state index in [9.17, 15) is 19.8 Å². The summed E-state index contributed by atoms with van der Waals surface area (Å²) in [5.74, 6) is -0.967. The van der Waals surface area contributed by atoms with Gasteiger partial charge >= 0.3 is 51.4 Å². The average Bonchev–Trinajstić information content (AvgIpc) is 3.32. The van der Waals surface area contributed by atoms with E-state index in [1.54, 1.807) is 41.1 Å². The molecule has 0 saturated carbocycles. The van der Waals surface area contributed by atoms with E-state index in [0.717, 1.165) is 18.4 Å². The topological polar surface area (TPSA) is 120 Å². The van der Waals surface area contributed by atoms with Crippen LogP contribution in [-0.2, 0) is 17.8 Å². The largest absolute Gasteiger partial charge is 1.00 e. The zero-order chi connectivity index (χ0) is 20.8. The molecule has 0 radical (unpaired) electrons. The van der Waals surface area contributed by atoms with Crippen molar-refractivity contribution in [1.29, 1.82) is 0 Å². The Kier molecular flexibility index (Phi) is 9.31. The normalized spacial score (nSPS) is 10.4. The summed E-state index contributed by atoms with van der Waals surface area (Å²) in [4.78, 5) is 23.6. The second kappa shape index (κ2) is 11.5. The number of hydrogen-bond donors (Lipinski definition) is 2. The van der Waals surface area contributed by atoms with Gasteiger partial charge in [-0.05, 0) is 30.7 Å². The van der Waals surface area contributed by atoms with Crippen molar-refractivity contribution in [2.45, 2.75) is 39.2 Å². The van der Waals surface area contributed by atoms with E-state index in [4.69, 9.17) is 4.52 Å². The van der Waals surface area contributed by atoms with Crippen molar-refractivity contribution in [1.82, 2.24) is 9.72 Å². The first-order chi connectivity index (χ1) is 14.0. The van der Waals surface area contributed by atoms with Gasteiger partial charge in [0.25, 0.3) is 0 Å². The second-order valence-electron chi connectivity index (χ2n) is 6.74. The van der Waals surface area contributed by atoms with Gasteiger partial charge in [-0.2, -0.15) is 0 Å². The minimum atomic E-state index is -1.33. The van der Waals surface area contributed by atoms with Crippen LogP contribution in [0.4, 0.5) is 5.69 Å². The number of carboxylic acid groups (broad SMARTS) is 1. The minimum Gasteiger partial charge on any atom is -0.545 e. The van der Waals surface area contributed by atoms with Crippen molar-refractivity contribution in [2.75, 3.05) is 5.32 Å². The molecule has 0 atom stereocenters. The molecule has 2 N–H and O–H groups in total. The average molecular weight is 436 g/mol. The van der Waals surface area contributed by atoms with Crippen molar-refractivity contribution in [2.24, 2.45) is 0 Å². The Morgan fingerprint density at radius 1 is 1.23 bits per heavy atom. The van der Waals surface area contributed by atoms with Crippen LogP contribution in [0.5, 0.6) is 5.75 Å². The molecule has 0 spiro atoms. The molecule has 152 valence electrons. The van der Waals surface area contributed by atoms with Gasteiger partial charge in [-0.15, -0.1) is 0 Å². The Balaban J connectivity index is 0.00000320. The number of carbonyl (C=O) groups excluding carboxylic acids is 2. The summed E-state index contributed by atoms with van der Waals surface area (Å²) in [7, 11) is 0. The summed E-state index contributed by atoms with van der Waals surface area (Å²) in [6, 6.07) is 8.27. The number of nitrogens with one attached hydrogen (secondary N) is 1. The van der Waals surface area contributed by atoms with E-state index < -0.39 is 5.97 Å². The van der Waals surface area contributed by atoms with Gasteiger partial charge in [0.15, 0.2) is 0 Å². The zero-order valence-corrected chi connectivity index (χ0v) is 20.2. The number of phenols is 1. The summed E-state index contributed by atoms with van der Waals surface area (Å²) >= 11 is 0. The van der Waals surface area contributed by atoms with Crippen LogP contribution in [0.15, 0.2) is 47.2 Å². The van der Waals surface area contributed by atoms with Crippen LogP contribution in [0.2, 0.25) is 0 Å². The van der Waals surface area contributed by atoms with Crippen LogP contribution >= 0.6 is 0 Å². The van der Waals surface area contributed by atoms with Crippen LogP contribution in [0, 0.1) is 0 Å². The van der Waals surface area contributed by atoms with E-state index in [1.165, 1.54) is 6.20 Å². The monoisotopic (exact) mass is 435 g/mol. The van der Waals surface area contributed by atoms with E-state index in [-0.39, 0.29) is 80.7 Å². The van der Waals surface area contributed by atoms with Crippen LogP contribution in [0.25, 0.3) is 11.3 Å². The number of aromatic hydroxyl groups is 1. The van der Waals surface area contributed by atoms with Crippen molar-refractivity contribution in [3.8, 4) is 17.0 Å². The van der Waals surface area contributed by atoms with Gasteiger partial charge in [-0.25, -0.2) is 0 Å². The maximum atomic E-state index is 12.3. The van der Waals surface area contributed by atoms with Gasteiger partial charge in [0.05, 0.1) is 11.7 Å². The van der Waals surface area contributed by atoms with Crippen LogP contribution < -0.4 is 61.8 Å². The number of benzene rings is 1. The summed E-state index contributed by atoms with van der Waals surface area (Å²) in [6.07, 6.45) is 5.38. The summed E-state index contributed by atoms with van der Waals surface area (Å²) in [5, 5.41) is 27.3. The number of aromatic carboxylic acids is 1. The first kappa shape index (κ1) is 24.4. The third kappa shape index (κ3) is 6.54. The quantitative estimate of drug-likeness (QED) is 0.441. The van der Waals surface area contributed by atoms with Gasteiger partial charge < -0.3 is 29.4 Å². The van der Waals surface area contributed by atoms with Crippen LogP contribution in [0.3, 0.4) is 0 Å². The molecule has 9 heteroatoms. The minimum absolute atomic E-state index is 0. The molecule has 2 heterocycles. The zero-order valence-electron chi connectivity index (χ0n) is 17.1. The number of carboxylic acids is 1. The van der Waals surface area contributed by atoms with Crippen molar-refractivity contribution >= 4 is 17.6 Å². The smallest absolute Gasteiger partial charge is 0.545 e. The molecule has 1 amide bonds. The SMILES string of the molecule is CCCCn1cc(NC(=O)CCc2cc(-c3ccc(O)cc3)no2)c(C(=O)[O-])c1.[K+]. The van der Waals surface area contributed by atoms with E-state index in [1.807, 2.05) is 6.92 Å². The van der Waals surface area contributed by atoms with E-state index >= 15 is 0 Å². The third-order valence-electron chi connectivity index (χ3n) is 4.46. The standard InChI is InChI=1S/C21H23N3O5.K/c1-2-3-10-24-12-17(21(27)28)19(13-24)22-20(26)9-8-16-11-18(23-29-16)14-4-6-15(25)7-5-14;/h4-7,11-13,25H,2-3,8-10H2,1H3,(H,22,26)(H,27,28);/q;+1/p-1. The predicted molar refractivity (Wildman–Crippen MR) is 104 cm³/mol. The third-order valence-corrected chi connectivity index (χ3v) is 4.46. The molecule has 0 unspecified atom stereocenters.